The molecule has 2 aromatic rings. The molecular formula is C17H21N3O. The molecule has 1 amide bonds. The van der Waals surface area contributed by atoms with Crippen LogP contribution in [0, 0.1) is 12.8 Å². The van der Waals surface area contributed by atoms with Gasteiger partial charge in [-0.1, -0.05) is 0 Å². The summed E-state index contributed by atoms with van der Waals surface area (Å²) >= 11 is 0. The van der Waals surface area contributed by atoms with Gasteiger partial charge in [-0.3, -0.25) is 4.79 Å². The molecule has 2 unspecified atom stereocenters. The van der Waals surface area contributed by atoms with Crippen LogP contribution < -0.4 is 5.32 Å². The molecule has 0 radical (unpaired) electrons. The summed E-state index contributed by atoms with van der Waals surface area (Å²) in [6.45, 7) is 5.50. The van der Waals surface area contributed by atoms with E-state index >= 15 is 0 Å². The largest absolute Gasteiger partial charge is 0.348 e. The van der Waals surface area contributed by atoms with Gasteiger partial charge in [0.05, 0.1) is 0 Å². The Kier molecular flexibility index (Phi) is 3.00. The number of carbonyl (C=O) groups excluding carboxylic acids is 1. The zero-order chi connectivity index (χ0) is 14.4. The molecule has 2 fully saturated rings. The molecule has 2 aliphatic rings. The fourth-order valence-corrected chi connectivity index (χ4v) is 3.83. The normalized spacial score (nSPS) is 28.0. The second-order valence-corrected chi connectivity index (χ2v) is 6.59. The third-order valence-corrected chi connectivity index (χ3v) is 4.80. The van der Waals surface area contributed by atoms with Crippen molar-refractivity contribution in [1.29, 1.82) is 0 Å². The quantitative estimate of drug-likeness (QED) is 0.916. The van der Waals surface area contributed by atoms with E-state index in [0.717, 1.165) is 30.0 Å². The van der Waals surface area contributed by atoms with Crippen molar-refractivity contribution in [3.05, 3.63) is 41.7 Å². The molecule has 2 aliphatic heterocycles. The number of carbonyl (C=O) groups is 1. The number of pyridine rings is 1. The van der Waals surface area contributed by atoms with Crippen molar-refractivity contribution in [2.75, 3.05) is 19.6 Å². The van der Waals surface area contributed by atoms with Crippen molar-refractivity contribution in [3.63, 3.8) is 0 Å². The topological polar surface area (TPSA) is 36.8 Å². The van der Waals surface area contributed by atoms with Crippen molar-refractivity contribution < 1.29 is 4.79 Å². The van der Waals surface area contributed by atoms with E-state index in [0.29, 0.717) is 6.04 Å². The Morgan fingerprint density at radius 1 is 1.33 bits per heavy atom. The van der Waals surface area contributed by atoms with Gasteiger partial charge in [-0.05, 0) is 56.0 Å². The van der Waals surface area contributed by atoms with E-state index in [2.05, 4.69) is 33.8 Å². The second kappa shape index (κ2) is 4.88. The standard InChI is InChI=1S/C17H21N3O/c1-12-6-16-8-14(3-5-20(16)9-12)17(21)18-15-7-13-2-4-19(10-13)11-15/h3,5-6,8-9,13,15H,2,4,7,10-11H2,1H3,(H,18,21)/t13?,15-/m1/s1. The summed E-state index contributed by atoms with van der Waals surface area (Å²) < 4.78 is 2.05. The number of aromatic nitrogens is 1. The fraction of sp³-hybridized carbons (Fsp3) is 0.471. The highest BCUT2D eigenvalue weighted by Gasteiger charge is 2.32. The lowest BCUT2D eigenvalue weighted by Crippen LogP contribution is -2.47. The van der Waals surface area contributed by atoms with Gasteiger partial charge in [-0.15, -0.1) is 0 Å². The van der Waals surface area contributed by atoms with Gasteiger partial charge in [0.1, 0.15) is 0 Å². The van der Waals surface area contributed by atoms with E-state index in [4.69, 9.17) is 0 Å². The zero-order valence-electron chi connectivity index (χ0n) is 12.4. The molecular weight excluding hydrogens is 262 g/mol. The van der Waals surface area contributed by atoms with E-state index < -0.39 is 0 Å². The molecule has 2 bridgehead atoms. The minimum atomic E-state index is 0.0591. The Morgan fingerprint density at radius 2 is 2.24 bits per heavy atom. The first-order valence-electron chi connectivity index (χ1n) is 7.79. The van der Waals surface area contributed by atoms with E-state index in [1.165, 1.54) is 25.1 Å². The van der Waals surface area contributed by atoms with Crippen LogP contribution in [0.2, 0.25) is 0 Å². The summed E-state index contributed by atoms with van der Waals surface area (Å²) in [5.41, 5.74) is 3.05. The number of aryl methyl sites for hydroxylation is 1. The number of hydrogen-bond acceptors (Lipinski definition) is 2. The first-order chi connectivity index (χ1) is 10.2. The molecule has 4 heterocycles. The Labute approximate surface area is 124 Å². The first kappa shape index (κ1) is 12.9. The van der Waals surface area contributed by atoms with Crippen LogP contribution in [-0.2, 0) is 0 Å². The Hall–Kier alpha value is -1.81. The zero-order valence-corrected chi connectivity index (χ0v) is 12.4. The number of nitrogens with zero attached hydrogens (tertiary/aromatic N) is 2. The summed E-state index contributed by atoms with van der Waals surface area (Å²) in [7, 11) is 0. The molecule has 0 saturated carbocycles. The average Bonchev–Trinajstić information content (AvgIpc) is 2.99. The van der Waals surface area contributed by atoms with Gasteiger partial charge < -0.3 is 14.6 Å². The molecule has 0 aromatic carbocycles. The number of piperidine rings is 1. The summed E-state index contributed by atoms with van der Waals surface area (Å²) in [5, 5.41) is 3.22. The highest BCUT2D eigenvalue weighted by molar-refractivity contribution is 5.95. The predicted molar refractivity (Wildman–Crippen MR) is 82.6 cm³/mol. The molecule has 0 spiro atoms. The van der Waals surface area contributed by atoms with E-state index in [-0.39, 0.29) is 5.91 Å². The highest BCUT2D eigenvalue weighted by Crippen LogP contribution is 2.26. The van der Waals surface area contributed by atoms with Crippen LogP contribution in [-0.4, -0.2) is 40.9 Å². The Balaban J connectivity index is 1.50. The van der Waals surface area contributed by atoms with Crippen LogP contribution in [0.5, 0.6) is 0 Å². The smallest absolute Gasteiger partial charge is 0.251 e. The van der Waals surface area contributed by atoms with Gasteiger partial charge in [-0.25, -0.2) is 0 Å². The Bertz CT molecular complexity index is 678. The molecule has 4 heteroatoms. The molecule has 110 valence electrons. The monoisotopic (exact) mass is 283 g/mol. The summed E-state index contributed by atoms with van der Waals surface area (Å²) in [5.74, 6) is 0.837. The average molecular weight is 283 g/mol. The second-order valence-electron chi connectivity index (χ2n) is 6.59. The SMILES string of the molecule is Cc1cc2cc(C(=O)N[C@@H]3CC4CCN(C4)C3)ccn2c1. The number of hydrogen-bond donors (Lipinski definition) is 1. The van der Waals surface area contributed by atoms with Crippen molar-refractivity contribution >= 4 is 11.4 Å². The minimum absolute atomic E-state index is 0.0591. The van der Waals surface area contributed by atoms with Crippen LogP contribution in [0.3, 0.4) is 0 Å². The third kappa shape index (κ3) is 2.44. The van der Waals surface area contributed by atoms with Gasteiger partial charge in [0.15, 0.2) is 0 Å². The maximum atomic E-state index is 12.5. The van der Waals surface area contributed by atoms with E-state index in [9.17, 15) is 4.79 Å². The molecule has 3 atom stereocenters. The summed E-state index contributed by atoms with van der Waals surface area (Å²) in [4.78, 5) is 14.9. The molecule has 2 aromatic heterocycles. The maximum Gasteiger partial charge on any atom is 0.251 e. The fourth-order valence-electron chi connectivity index (χ4n) is 3.83. The molecule has 1 N–H and O–H groups in total. The predicted octanol–water partition coefficient (Wildman–Crippen LogP) is 2.07. The Morgan fingerprint density at radius 3 is 3.10 bits per heavy atom. The number of amides is 1. The number of rotatable bonds is 2. The van der Waals surface area contributed by atoms with Gasteiger partial charge in [0.25, 0.3) is 5.91 Å². The minimum Gasteiger partial charge on any atom is -0.348 e. The van der Waals surface area contributed by atoms with E-state index in [1.807, 2.05) is 18.3 Å². The van der Waals surface area contributed by atoms with Crippen molar-refractivity contribution in [2.24, 2.45) is 5.92 Å². The lowest BCUT2D eigenvalue weighted by molar-refractivity contribution is 0.0909. The van der Waals surface area contributed by atoms with Crippen LogP contribution in [0.1, 0.15) is 28.8 Å². The lowest BCUT2D eigenvalue weighted by Gasteiger charge is -2.30. The molecule has 0 aliphatic carbocycles. The molecule has 4 nitrogen and oxygen atoms in total. The molecule has 21 heavy (non-hydrogen) atoms. The van der Waals surface area contributed by atoms with Gasteiger partial charge in [0, 0.05) is 42.6 Å². The molecule has 2 saturated heterocycles. The van der Waals surface area contributed by atoms with Gasteiger partial charge in [0.2, 0.25) is 0 Å². The summed E-state index contributed by atoms with van der Waals surface area (Å²) in [6, 6.07) is 6.28. The van der Waals surface area contributed by atoms with Crippen LogP contribution >= 0.6 is 0 Å². The van der Waals surface area contributed by atoms with Gasteiger partial charge >= 0.3 is 0 Å². The lowest BCUT2D eigenvalue weighted by atomic mass is 9.96. The van der Waals surface area contributed by atoms with Gasteiger partial charge in [-0.2, -0.15) is 0 Å². The van der Waals surface area contributed by atoms with Crippen LogP contribution in [0.15, 0.2) is 30.6 Å². The van der Waals surface area contributed by atoms with Crippen LogP contribution in [0.4, 0.5) is 0 Å². The summed E-state index contributed by atoms with van der Waals surface area (Å²) in [6.07, 6.45) is 6.46. The van der Waals surface area contributed by atoms with Crippen molar-refractivity contribution in [3.8, 4) is 0 Å². The number of fused-ring (bicyclic) bond motifs is 3. The maximum absolute atomic E-state index is 12.5. The van der Waals surface area contributed by atoms with Crippen LogP contribution in [0.25, 0.3) is 5.52 Å². The van der Waals surface area contributed by atoms with E-state index in [1.54, 1.807) is 0 Å². The highest BCUT2D eigenvalue weighted by atomic mass is 16.1. The number of nitrogens with one attached hydrogen (secondary N) is 1. The van der Waals surface area contributed by atoms with Crippen molar-refractivity contribution in [1.82, 2.24) is 14.6 Å². The third-order valence-electron chi connectivity index (χ3n) is 4.80. The first-order valence-corrected chi connectivity index (χ1v) is 7.79. The molecule has 4 rings (SSSR count). The van der Waals surface area contributed by atoms with Crippen molar-refractivity contribution in [2.45, 2.75) is 25.8 Å².